The average molecular weight is 522 g/mol. The fraction of sp³-hybridized carbons (Fsp3) is 0.917. The first kappa shape index (κ1) is 33.8. The van der Waals surface area contributed by atoms with E-state index in [1.807, 2.05) is 6.55 Å². The monoisotopic (exact) mass is 521 g/mol. The predicted octanol–water partition coefficient (Wildman–Crippen LogP) is 3.21. The fourth-order valence-corrected chi connectivity index (χ4v) is 4.70. The zero-order valence-electron chi connectivity index (χ0n) is 22.3. The summed E-state index contributed by atoms with van der Waals surface area (Å²) in [7, 11) is 1.18. The largest absolute Gasteiger partial charge is 0.456 e. The Balaban J connectivity index is 4.38. The molecule has 0 saturated carbocycles. The lowest BCUT2D eigenvalue weighted by molar-refractivity contribution is -0.154. The van der Waals surface area contributed by atoms with Gasteiger partial charge in [0, 0.05) is 33.8 Å². The molecular formula is C24H51N3O7Si. The molecular weight excluding hydrogens is 470 g/mol. The molecule has 0 aromatic carbocycles. The summed E-state index contributed by atoms with van der Waals surface area (Å²) >= 11 is 0. The summed E-state index contributed by atoms with van der Waals surface area (Å²) in [5.41, 5.74) is 11.0. The van der Waals surface area contributed by atoms with Gasteiger partial charge < -0.3 is 39.8 Å². The Kier molecular flexibility index (Phi) is 22.4. The first-order chi connectivity index (χ1) is 16.9. The Hall–Kier alpha value is -1.24. The number of alkyl carbamates (subject to hydrolysis) is 1. The lowest BCUT2D eigenvalue weighted by atomic mass is 10.1. The summed E-state index contributed by atoms with van der Waals surface area (Å²) in [6, 6.07) is 0.790. The maximum atomic E-state index is 12.3. The molecule has 1 amide bonds. The summed E-state index contributed by atoms with van der Waals surface area (Å²) in [5, 5.41) is 2.73. The van der Waals surface area contributed by atoms with Gasteiger partial charge in [-0.2, -0.15) is 0 Å². The Morgan fingerprint density at radius 3 is 2.06 bits per heavy atom. The van der Waals surface area contributed by atoms with Crippen molar-refractivity contribution in [2.75, 3.05) is 53.7 Å². The molecule has 1 unspecified atom stereocenters. The van der Waals surface area contributed by atoms with E-state index in [1.165, 1.54) is 0 Å². The van der Waals surface area contributed by atoms with Gasteiger partial charge in [0.1, 0.15) is 6.61 Å². The Morgan fingerprint density at radius 1 is 0.829 bits per heavy atom. The number of unbranched alkanes of at least 4 members (excludes halogenated alkanes) is 7. The third kappa shape index (κ3) is 20.6. The van der Waals surface area contributed by atoms with Crippen molar-refractivity contribution >= 4 is 20.6 Å². The number of ether oxygens (including phenoxy) is 3. The number of carbonyl (C=O) groups is 2. The van der Waals surface area contributed by atoms with E-state index in [2.05, 4.69) is 5.32 Å². The van der Waals surface area contributed by atoms with Gasteiger partial charge in [0.2, 0.25) is 0 Å². The van der Waals surface area contributed by atoms with Gasteiger partial charge in [0.15, 0.2) is 6.10 Å². The molecule has 11 heteroatoms. The molecule has 35 heavy (non-hydrogen) atoms. The van der Waals surface area contributed by atoms with Gasteiger partial charge in [-0.25, -0.2) is 4.79 Å². The van der Waals surface area contributed by atoms with Gasteiger partial charge in [-0.15, -0.1) is 0 Å². The molecule has 0 bridgehead atoms. The highest BCUT2D eigenvalue weighted by molar-refractivity contribution is 6.65. The first-order valence-electron chi connectivity index (χ1n) is 13.1. The third-order valence-electron chi connectivity index (χ3n) is 5.77. The van der Waals surface area contributed by atoms with Crippen LogP contribution in [0.15, 0.2) is 0 Å². The van der Waals surface area contributed by atoms with Gasteiger partial charge in [-0.3, -0.25) is 4.79 Å². The van der Waals surface area contributed by atoms with E-state index in [1.54, 1.807) is 14.2 Å². The molecule has 0 aromatic rings. The van der Waals surface area contributed by atoms with Crippen LogP contribution >= 0.6 is 0 Å². The highest BCUT2D eigenvalue weighted by Crippen LogP contribution is 2.14. The number of amides is 1. The zero-order chi connectivity index (χ0) is 26.2. The number of nitrogens with two attached hydrogens (primary N) is 2. The molecule has 0 rings (SSSR count). The van der Waals surface area contributed by atoms with Crippen molar-refractivity contribution in [3.8, 4) is 0 Å². The Morgan fingerprint density at radius 2 is 1.43 bits per heavy atom. The normalized spacial score (nSPS) is 12.4. The zero-order valence-corrected chi connectivity index (χ0v) is 23.3. The van der Waals surface area contributed by atoms with Crippen molar-refractivity contribution in [3.63, 3.8) is 0 Å². The third-order valence-corrected chi connectivity index (χ3v) is 8.76. The van der Waals surface area contributed by atoms with E-state index in [0.29, 0.717) is 32.7 Å². The number of rotatable bonds is 24. The highest BCUT2D eigenvalue weighted by atomic mass is 28.4. The molecule has 0 aliphatic heterocycles. The summed E-state index contributed by atoms with van der Waals surface area (Å²) < 4.78 is 27.5. The second kappa shape index (κ2) is 23.2. The van der Waals surface area contributed by atoms with Crippen molar-refractivity contribution in [2.24, 2.45) is 11.5 Å². The smallest absolute Gasteiger partial charge is 0.407 e. The standard InChI is InChI=1S/C24H51N3O7Si/c1-30-35(3,31-2)19-13-18-32-20-22(34-23(28)14-9-5-4-6-10-15-25)21-33-24(29)27-17-12-8-7-11-16-26/h22H,4-21,25-26H2,1-3H3,(H,27,29). The molecule has 0 aliphatic carbocycles. The topological polar surface area (TPSA) is 144 Å². The van der Waals surface area contributed by atoms with E-state index in [0.717, 1.165) is 70.3 Å². The number of esters is 1. The van der Waals surface area contributed by atoms with E-state index >= 15 is 0 Å². The van der Waals surface area contributed by atoms with Crippen LogP contribution in [-0.4, -0.2) is 80.4 Å². The van der Waals surface area contributed by atoms with Crippen molar-refractivity contribution in [1.29, 1.82) is 0 Å². The molecule has 208 valence electrons. The molecule has 0 fully saturated rings. The molecule has 5 N–H and O–H groups in total. The van der Waals surface area contributed by atoms with Crippen LogP contribution < -0.4 is 16.8 Å². The first-order valence-corrected chi connectivity index (χ1v) is 15.6. The van der Waals surface area contributed by atoms with Gasteiger partial charge in [0.25, 0.3) is 0 Å². The van der Waals surface area contributed by atoms with Gasteiger partial charge in [0.05, 0.1) is 6.61 Å². The summed E-state index contributed by atoms with van der Waals surface area (Å²) in [6.07, 6.45) is 8.70. The van der Waals surface area contributed by atoms with Gasteiger partial charge >= 0.3 is 20.6 Å². The van der Waals surface area contributed by atoms with E-state index in [9.17, 15) is 9.59 Å². The quantitative estimate of drug-likeness (QED) is 0.0990. The second-order valence-corrected chi connectivity index (χ2v) is 12.5. The lowest BCUT2D eigenvalue weighted by Crippen LogP contribution is -2.36. The minimum atomic E-state index is -2.14. The predicted molar refractivity (Wildman–Crippen MR) is 139 cm³/mol. The van der Waals surface area contributed by atoms with Crippen LogP contribution in [0.5, 0.6) is 0 Å². The fourth-order valence-electron chi connectivity index (χ4n) is 3.34. The van der Waals surface area contributed by atoms with Crippen molar-refractivity contribution < 1.29 is 32.7 Å². The summed E-state index contributed by atoms with van der Waals surface area (Å²) in [6.45, 7) is 4.50. The SMILES string of the molecule is CO[Si](C)(CCCOCC(COC(=O)NCCCCCCN)OC(=O)CCCCCCCN)OC. The van der Waals surface area contributed by atoms with Crippen LogP contribution in [-0.2, 0) is 27.9 Å². The van der Waals surface area contributed by atoms with Gasteiger partial charge in [-0.1, -0.05) is 32.1 Å². The van der Waals surface area contributed by atoms with Crippen molar-refractivity contribution in [2.45, 2.75) is 89.3 Å². The van der Waals surface area contributed by atoms with Crippen LogP contribution in [0.2, 0.25) is 12.6 Å². The highest BCUT2D eigenvalue weighted by Gasteiger charge is 2.27. The lowest BCUT2D eigenvalue weighted by Gasteiger charge is -2.23. The Labute approximate surface area is 213 Å². The number of carbonyl (C=O) groups excluding carboxylic acids is 2. The molecule has 0 saturated heterocycles. The molecule has 0 aromatic heterocycles. The molecule has 0 spiro atoms. The molecule has 10 nitrogen and oxygen atoms in total. The van der Waals surface area contributed by atoms with Crippen LogP contribution in [0.1, 0.15) is 70.6 Å². The maximum absolute atomic E-state index is 12.3. The molecule has 0 radical (unpaired) electrons. The number of hydrogen-bond donors (Lipinski definition) is 3. The minimum Gasteiger partial charge on any atom is -0.456 e. The minimum absolute atomic E-state index is 0.0517. The molecule has 0 aliphatic rings. The average Bonchev–Trinajstić information content (AvgIpc) is 2.86. The molecule has 0 heterocycles. The van der Waals surface area contributed by atoms with Crippen LogP contribution in [0.3, 0.4) is 0 Å². The maximum Gasteiger partial charge on any atom is 0.407 e. The summed E-state index contributed by atoms with van der Waals surface area (Å²) in [4.78, 5) is 24.3. The summed E-state index contributed by atoms with van der Waals surface area (Å²) in [5.74, 6) is -0.305. The van der Waals surface area contributed by atoms with Crippen molar-refractivity contribution in [1.82, 2.24) is 5.32 Å². The van der Waals surface area contributed by atoms with Crippen LogP contribution in [0.25, 0.3) is 0 Å². The van der Waals surface area contributed by atoms with Gasteiger partial charge in [-0.05, 0) is 57.8 Å². The second-order valence-electron chi connectivity index (χ2n) is 8.87. The van der Waals surface area contributed by atoms with Crippen molar-refractivity contribution in [3.05, 3.63) is 0 Å². The van der Waals surface area contributed by atoms with Crippen LogP contribution in [0, 0.1) is 0 Å². The van der Waals surface area contributed by atoms with E-state index < -0.39 is 20.8 Å². The van der Waals surface area contributed by atoms with Crippen LogP contribution in [0.4, 0.5) is 4.79 Å². The Bertz CT molecular complexity index is 525. The van der Waals surface area contributed by atoms with E-state index in [-0.39, 0.29) is 19.2 Å². The molecule has 1 atom stereocenters. The van der Waals surface area contributed by atoms with E-state index in [4.69, 9.17) is 34.5 Å². The number of nitrogens with one attached hydrogen (secondary N) is 1. The number of hydrogen-bond acceptors (Lipinski definition) is 9.